The summed E-state index contributed by atoms with van der Waals surface area (Å²) in [6.07, 6.45) is -0.947. The molecule has 0 radical (unpaired) electrons. The van der Waals surface area contributed by atoms with E-state index in [0.29, 0.717) is 16.5 Å². The van der Waals surface area contributed by atoms with Crippen LogP contribution < -0.4 is 15.7 Å². The number of amides is 1. The van der Waals surface area contributed by atoms with Crippen LogP contribution in [0.5, 0.6) is 5.75 Å². The minimum Gasteiger partial charge on any atom is -0.479 e. The predicted molar refractivity (Wildman–Crippen MR) is 102 cm³/mol. The number of anilines is 1. The number of ether oxygens (including phenoxy) is 1. The number of fused-ring (bicyclic) bond motifs is 1. The van der Waals surface area contributed by atoms with Gasteiger partial charge in [0.05, 0.1) is 15.7 Å². The van der Waals surface area contributed by atoms with Gasteiger partial charge in [0.15, 0.2) is 6.10 Å². The Morgan fingerprint density at radius 3 is 2.63 bits per heavy atom. The Kier molecular flexibility index (Phi) is 5.39. The molecule has 0 aliphatic carbocycles. The summed E-state index contributed by atoms with van der Waals surface area (Å²) in [6.45, 7) is 3.28. The zero-order valence-corrected chi connectivity index (χ0v) is 15.8. The van der Waals surface area contributed by atoms with Crippen molar-refractivity contribution in [2.45, 2.75) is 20.0 Å². The van der Waals surface area contributed by atoms with E-state index in [0.717, 1.165) is 6.07 Å². The van der Waals surface area contributed by atoms with Crippen LogP contribution in [0.1, 0.15) is 12.5 Å². The van der Waals surface area contributed by atoms with Gasteiger partial charge < -0.3 is 14.5 Å². The normalized spacial score (nSPS) is 12.0. The molecule has 1 atom stereocenters. The molecule has 0 unspecified atom stereocenters. The smallest absolute Gasteiger partial charge is 0.336 e. The second-order valence-corrected chi connectivity index (χ2v) is 6.72. The molecule has 8 heteroatoms. The molecule has 27 heavy (non-hydrogen) atoms. The van der Waals surface area contributed by atoms with E-state index in [1.807, 2.05) is 0 Å². The maximum Gasteiger partial charge on any atom is 0.336 e. The van der Waals surface area contributed by atoms with E-state index in [1.165, 1.54) is 31.2 Å². The molecule has 1 N–H and O–H groups in total. The first kappa shape index (κ1) is 19.2. The molecule has 1 amide bonds. The minimum absolute atomic E-state index is 0.0662. The number of aryl methyl sites for hydroxylation is 1. The minimum atomic E-state index is -0.947. The van der Waals surface area contributed by atoms with Crippen molar-refractivity contribution in [3.05, 3.63) is 68.2 Å². The molecule has 3 rings (SSSR count). The van der Waals surface area contributed by atoms with Gasteiger partial charge in [-0.2, -0.15) is 0 Å². The second kappa shape index (κ2) is 7.58. The summed E-state index contributed by atoms with van der Waals surface area (Å²) in [5.74, 6) is -0.835. The quantitative estimate of drug-likeness (QED) is 0.618. The van der Waals surface area contributed by atoms with Gasteiger partial charge in [0.25, 0.3) is 5.91 Å². The lowest BCUT2D eigenvalue weighted by Gasteiger charge is -2.16. The van der Waals surface area contributed by atoms with Crippen molar-refractivity contribution in [2.24, 2.45) is 0 Å². The van der Waals surface area contributed by atoms with Crippen molar-refractivity contribution in [3.8, 4) is 5.75 Å². The topological polar surface area (TPSA) is 68.5 Å². The van der Waals surface area contributed by atoms with Crippen molar-refractivity contribution in [1.82, 2.24) is 0 Å². The number of hydrogen-bond donors (Lipinski definition) is 1. The van der Waals surface area contributed by atoms with E-state index in [1.54, 1.807) is 13.0 Å². The molecule has 0 aliphatic heterocycles. The predicted octanol–water partition coefficient (Wildman–Crippen LogP) is 4.95. The Labute approximate surface area is 163 Å². The van der Waals surface area contributed by atoms with Crippen molar-refractivity contribution in [3.63, 3.8) is 0 Å². The summed E-state index contributed by atoms with van der Waals surface area (Å²) in [6, 6.07) is 8.04. The van der Waals surface area contributed by atoms with Crippen LogP contribution in [0.15, 0.2) is 45.6 Å². The summed E-state index contributed by atoms with van der Waals surface area (Å²) >= 11 is 12.1. The van der Waals surface area contributed by atoms with Crippen LogP contribution in [0, 0.1) is 12.7 Å². The fourth-order valence-electron chi connectivity index (χ4n) is 2.48. The molecule has 140 valence electrons. The van der Waals surface area contributed by atoms with Gasteiger partial charge in [0.2, 0.25) is 0 Å². The van der Waals surface area contributed by atoms with Gasteiger partial charge in [-0.25, -0.2) is 9.18 Å². The van der Waals surface area contributed by atoms with Gasteiger partial charge in [0, 0.05) is 17.5 Å². The molecule has 0 saturated heterocycles. The fraction of sp³-hybridized carbons (Fsp3) is 0.158. The maximum absolute atomic E-state index is 13.1. The molecule has 0 saturated carbocycles. The molecule has 0 aliphatic rings. The Hall–Kier alpha value is -2.57. The molecule has 2 aromatic carbocycles. The number of carbonyl (C=O) groups is 1. The SMILES string of the molecule is Cc1cc(=O)oc2cc(O[C@@H](C)C(=O)Nc3ccc(F)cc3Cl)c(Cl)cc12. The van der Waals surface area contributed by atoms with Crippen LogP contribution in [0.3, 0.4) is 0 Å². The van der Waals surface area contributed by atoms with Crippen molar-refractivity contribution in [2.75, 3.05) is 5.32 Å². The Bertz CT molecular complexity index is 1100. The van der Waals surface area contributed by atoms with Crippen LogP contribution in [-0.2, 0) is 4.79 Å². The van der Waals surface area contributed by atoms with E-state index in [4.69, 9.17) is 32.4 Å². The van der Waals surface area contributed by atoms with Crippen molar-refractivity contribution < 1.29 is 18.3 Å². The number of benzene rings is 2. The van der Waals surface area contributed by atoms with Gasteiger partial charge in [-0.05, 0) is 43.7 Å². The zero-order valence-electron chi connectivity index (χ0n) is 14.3. The first-order chi connectivity index (χ1) is 12.7. The average Bonchev–Trinajstić information content (AvgIpc) is 2.58. The number of hydrogen-bond acceptors (Lipinski definition) is 4. The summed E-state index contributed by atoms with van der Waals surface area (Å²) in [5, 5.41) is 3.55. The summed E-state index contributed by atoms with van der Waals surface area (Å²) in [5.41, 5.74) is 0.773. The van der Waals surface area contributed by atoms with E-state index in [9.17, 15) is 14.0 Å². The number of nitrogens with one attached hydrogen (secondary N) is 1. The van der Waals surface area contributed by atoms with E-state index >= 15 is 0 Å². The van der Waals surface area contributed by atoms with Crippen LogP contribution in [0.25, 0.3) is 11.0 Å². The van der Waals surface area contributed by atoms with E-state index in [-0.39, 0.29) is 21.5 Å². The number of carbonyl (C=O) groups excluding carboxylic acids is 1. The van der Waals surface area contributed by atoms with Gasteiger partial charge in [-0.3, -0.25) is 4.79 Å². The largest absolute Gasteiger partial charge is 0.479 e. The lowest BCUT2D eigenvalue weighted by Crippen LogP contribution is -2.30. The molecule has 0 spiro atoms. The highest BCUT2D eigenvalue weighted by Gasteiger charge is 2.19. The molecular formula is C19H14Cl2FNO4. The Morgan fingerprint density at radius 1 is 1.19 bits per heavy atom. The molecule has 5 nitrogen and oxygen atoms in total. The lowest BCUT2D eigenvalue weighted by molar-refractivity contribution is -0.122. The van der Waals surface area contributed by atoms with E-state index in [2.05, 4.69) is 5.32 Å². The van der Waals surface area contributed by atoms with E-state index < -0.39 is 23.5 Å². The fourth-order valence-corrected chi connectivity index (χ4v) is 2.90. The first-order valence-corrected chi connectivity index (χ1v) is 8.67. The maximum atomic E-state index is 13.1. The van der Waals surface area contributed by atoms with Gasteiger partial charge in [-0.1, -0.05) is 23.2 Å². The molecule has 0 fully saturated rings. The monoisotopic (exact) mass is 409 g/mol. The van der Waals surface area contributed by atoms with Crippen LogP contribution in [0.2, 0.25) is 10.0 Å². The van der Waals surface area contributed by atoms with Crippen LogP contribution >= 0.6 is 23.2 Å². The number of rotatable bonds is 4. The molecule has 3 aromatic rings. The lowest BCUT2D eigenvalue weighted by atomic mass is 10.1. The molecule has 0 bridgehead atoms. The van der Waals surface area contributed by atoms with Crippen LogP contribution in [0.4, 0.5) is 10.1 Å². The third-order valence-corrected chi connectivity index (χ3v) is 4.47. The average molecular weight is 410 g/mol. The van der Waals surface area contributed by atoms with Crippen LogP contribution in [-0.4, -0.2) is 12.0 Å². The highest BCUT2D eigenvalue weighted by Crippen LogP contribution is 2.32. The molecule has 1 aromatic heterocycles. The van der Waals surface area contributed by atoms with Gasteiger partial charge in [0.1, 0.15) is 17.1 Å². The second-order valence-electron chi connectivity index (χ2n) is 5.90. The molecular weight excluding hydrogens is 396 g/mol. The standard InChI is InChI=1S/C19H14Cl2FNO4/c1-9-5-18(24)27-16-8-17(14(21)7-12(9)16)26-10(2)19(25)23-15-4-3-11(22)6-13(15)20/h3-8,10H,1-2H3,(H,23,25)/t10-/m0/s1. The van der Waals surface area contributed by atoms with Gasteiger partial charge in [-0.15, -0.1) is 0 Å². The Balaban J connectivity index is 1.82. The third kappa shape index (κ3) is 4.23. The Morgan fingerprint density at radius 2 is 1.93 bits per heavy atom. The highest BCUT2D eigenvalue weighted by atomic mass is 35.5. The number of halogens is 3. The molecule has 1 heterocycles. The highest BCUT2D eigenvalue weighted by molar-refractivity contribution is 6.34. The van der Waals surface area contributed by atoms with Crippen molar-refractivity contribution in [1.29, 1.82) is 0 Å². The summed E-state index contributed by atoms with van der Waals surface area (Å²) < 4.78 is 23.9. The first-order valence-electron chi connectivity index (χ1n) is 7.91. The van der Waals surface area contributed by atoms with Gasteiger partial charge >= 0.3 is 5.63 Å². The van der Waals surface area contributed by atoms with Crippen molar-refractivity contribution >= 4 is 45.8 Å². The summed E-state index contributed by atoms with van der Waals surface area (Å²) in [7, 11) is 0. The zero-order chi connectivity index (χ0) is 19.7. The third-order valence-electron chi connectivity index (χ3n) is 3.87. The summed E-state index contributed by atoms with van der Waals surface area (Å²) in [4.78, 5) is 23.9.